The van der Waals surface area contributed by atoms with E-state index in [0.29, 0.717) is 24.5 Å². The number of piperazine rings is 1. The molecule has 3 rings (SSSR count). The third-order valence-electron chi connectivity index (χ3n) is 5.14. The maximum atomic E-state index is 13.1. The summed E-state index contributed by atoms with van der Waals surface area (Å²) in [6, 6.07) is 10.7. The van der Waals surface area contributed by atoms with Crippen LogP contribution in [-0.2, 0) is 16.4 Å². The van der Waals surface area contributed by atoms with Gasteiger partial charge in [-0.2, -0.15) is 4.31 Å². The van der Waals surface area contributed by atoms with Gasteiger partial charge in [-0.3, -0.25) is 4.90 Å². The van der Waals surface area contributed by atoms with Crippen molar-refractivity contribution in [1.29, 1.82) is 0 Å². The predicted molar refractivity (Wildman–Crippen MR) is 101 cm³/mol. The summed E-state index contributed by atoms with van der Waals surface area (Å²) in [6.07, 6.45) is 0.964. The Morgan fingerprint density at radius 1 is 1.12 bits per heavy atom. The first-order valence-corrected chi connectivity index (χ1v) is 10.5. The van der Waals surface area contributed by atoms with Gasteiger partial charge in [-0.25, -0.2) is 8.42 Å². The minimum Gasteiger partial charge on any atom is -0.360 e. The average Bonchev–Trinajstić information content (AvgIpc) is 2.94. The van der Waals surface area contributed by atoms with E-state index in [2.05, 4.69) is 48.2 Å². The molecule has 1 aromatic heterocycles. The lowest BCUT2D eigenvalue weighted by atomic mass is 10.1. The van der Waals surface area contributed by atoms with Crippen LogP contribution >= 0.6 is 0 Å². The monoisotopic (exact) mass is 377 g/mol. The van der Waals surface area contributed by atoms with Crippen LogP contribution in [0.5, 0.6) is 0 Å². The molecule has 2 aromatic rings. The number of hydrogen-bond donors (Lipinski definition) is 0. The fourth-order valence-corrected chi connectivity index (χ4v) is 5.71. The maximum Gasteiger partial charge on any atom is 0.248 e. The van der Waals surface area contributed by atoms with Crippen molar-refractivity contribution in [3.05, 3.63) is 47.3 Å². The molecule has 1 aliphatic rings. The number of aromatic nitrogens is 1. The fraction of sp³-hybridized carbons (Fsp3) is 0.526. The van der Waals surface area contributed by atoms with E-state index in [1.165, 1.54) is 5.56 Å². The van der Waals surface area contributed by atoms with E-state index in [4.69, 9.17) is 4.52 Å². The summed E-state index contributed by atoms with van der Waals surface area (Å²) in [5.41, 5.74) is 1.73. The number of aryl methyl sites for hydroxylation is 2. The highest BCUT2D eigenvalue weighted by molar-refractivity contribution is 7.89. The van der Waals surface area contributed by atoms with Crippen LogP contribution in [0, 0.1) is 13.8 Å². The molecule has 26 heavy (non-hydrogen) atoms. The molecule has 2 atom stereocenters. The number of rotatable bonds is 5. The lowest BCUT2D eigenvalue weighted by Crippen LogP contribution is -2.58. The van der Waals surface area contributed by atoms with Crippen molar-refractivity contribution >= 4 is 10.0 Å². The van der Waals surface area contributed by atoms with Gasteiger partial charge in [0.15, 0.2) is 5.76 Å². The number of hydrogen-bond acceptors (Lipinski definition) is 5. The number of benzene rings is 1. The molecule has 2 unspecified atom stereocenters. The Labute approximate surface area is 155 Å². The summed E-state index contributed by atoms with van der Waals surface area (Å²) in [6.45, 7) is 9.39. The summed E-state index contributed by atoms with van der Waals surface area (Å²) in [4.78, 5) is 2.61. The van der Waals surface area contributed by atoms with Crippen molar-refractivity contribution < 1.29 is 12.9 Å². The summed E-state index contributed by atoms with van der Waals surface area (Å²) >= 11 is 0. The minimum atomic E-state index is -3.59. The van der Waals surface area contributed by atoms with Crippen molar-refractivity contribution in [2.24, 2.45) is 0 Å². The van der Waals surface area contributed by atoms with Crippen LogP contribution in [0.4, 0.5) is 0 Å². The number of sulfonamides is 1. The Kier molecular flexibility index (Phi) is 5.50. The van der Waals surface area contributed by atoms with Crippen LogP contribution in [0.3, 0.4) is 0 Å². The second-order valence-electron chi connectivity index (χ2n) is 7.15. The summed E-state index contributed by atoms with van der Waals surface area (Å²) in [7, 11) is -3.59. The van der Waals surface area contributed by atoms with Crippen molar-refractivity contribution in [3.8, 4) is 0 Å². The quantitative estimate of drug-likeness (QED) is 0.801. The average molecular weight is 378 g/mol. The smallest absolute Gasteiger partial charge is 0.248 e. The predicted octanol–water partition coefficient (Wildman–Crippen LogP) is 2.62. The molecule has 1 aromatic carbocycles. The van der Waals surface area contributed by atoms with Crippen LogP contribution in [-0.4, -0.2) is 54.5 Å². The van der Waals surface area contributed by atoms with Gasteiger partial charge in [-0.1, -0.05) is 35.5 Å². The first-order chi connectivity index (χ1) is 12.3. The highest BCUT2D eigenvalue weighted by Gasteiger charge is 2.38. The van der Waals surface area contributed by atoms with Gasteiger partial charge in [0.1, 0.15) is 10.6 Å². The zero-order valence-electron chi connectivity index (χ0n) is 15.8. The lowest BCUT2D eigenvalue weighted by Gasteiger charge is -2.43. The van der Waals surface area contributed by atoms with Crippen LogP contribution in [0.1, 0.15) is 30.9 Å². The Hall–Kier alpha value is -1.70. The minimum absolute atomic E-state index is 0.151. The fourth-order valence-electron chi connectivity index (χ4n) is 3.82. The van der Waals surface area contributed by atoms with Gasteiger partial charge in [0, 0.05) is 31.7 Å². The van der Waals surface area contributed by atoms with E-state index in [1.54, 1.807) is 18.2 Å². The van der Waals surface area contributed by atoms with Crippen LogP contribution < -0.4 is 0 Å². The largest absolute Gasteiger partial charge is 0.360 e. The van der Waals surface area contributed by atoms with E-state index in [-0.39, 0.29) is 17.0 Å². The molecule has 0 radical (unpaired) electrons. The Morgan fingerprint density at radius 2 is 1.73 bits per heavy atom. The third kappa shape index (κ3) is 3.70. The first kappa shape index (κ1) is 19.1. The van der Waals surface area contributed by atoms with Crippen molar-refractivity contribution in [2.75, 3.05) is 19.6 Å². The van der Waals surface area contributed by atoms with Gasteiger partial charge in [0.05, 0.1) is 0 Å². The molecule has 142 valence electrons. The van der Waals surface area contributed by atoms with E-state index >= 15 is 0 Å². The molecule has 0 aliphatic carbocycles. The molecular formula is C19H27N3O3S. The molecule has 1 saturated heterocycles. The van der Waals surface area contributed by atoms with Gasteiger partial charge in [-0.15, -0.1) is 0 Å². The molecule has 0 N–H and O–H groups in total. The van der Waals surface area contributed by atoms with Crippen molar-refractivity contribution in [2.45, 2.75) is 51.1 Å². The SMILES string of the molecule is Cc1noc(C)c1S(=O)(=O)N1CC(C)N(CCc2ccccc2)C(C)C1. The second kappa shape index (κ2) is 7.50. The van der Waals surface area contributed by atoms with E-state index in [1.807, 2.05) is 6.07 Å². The van der Waals surface area contributed by atoms with Crippen LogP contribution in [0.25, 0.3) is 0 Å². The molecule has 0 saturated carbocycles. The highest BCUT2D eigenvalue weighted by atomic mass is 32.2. The molecule has 0 bridgehead atoms. The van der Waals surface area contributed by atoms with Gasteiger partial charge in [0.25, 0.3) is 0 Å². The lowest BCUT2D eigenvalue weighted by molar-refractivity contribution is 0.0783. The van der Waals surface area contributed by atoms with Crippen molar-refractivity contribution in [3.63, 3.8) is 0 Å². The highest BCUT2D eigenvalue weighted by Crippen LogP contribution is 2.27. The zero-order valence-corrected chi connectivity index (χ0v) is 16.7. The standard InChI is InChI=1S/C19H27N3O3S/c1-14-12-21(26(23,24)19-16(3)20-25-17(19)4)13-15(2)22(14)11-10-18-8-6-5-7-9-18/h5-9,14-15H,10-13H2,1-4H3. The third-order valence-corrected chi connectivity index (χ3v) is 7.21. The first-order valence-electron chi connectivity index (χ1n) is 9.03. The molecular weight excluding hydrogens is 350 g/mol. The van der Waals surface area contributed by atoms with Gasteiger partial charge >= 0.3 is 0 Å². The Morgan fingerprint density at radius 3 is 2.27 bits per heavy atom. The molecule has 2 heterocycles. The number of nitrogens with zero attached hydrogens (tertiary/aromatic N) is 3. The van der Waals surface area contributed by atoms with Crippen molar-refractivity contribution in [1.82, 2.24) is 14.4 Å². The van der Waals surface area contributed by atoms with E-state index < -0.39 is 10.0 Å². The Bertz CT molecular complexity index is 817. The van der Waals surface area contributed by atoms with E-state index in [9.17, 15) is 8.42 Å². The van der Waals surface area contributed by atoms with Gasteiger partial charge in [0.2, 0.25) is 10.0 Å². The zero-order chi connectivity index (χ0) is 18.9. The summed E-state index contributed by atoms with van der Waals surface area (Å²) in [5, 5.41) is 3.80. The second-order valence-corrected chi connectivity index (χ2v) is 9.02. The van der Waals surface area contributed by atoms with Crippen LogP contribution in [0.15, 0.2) is 39.8 Å². The van der Waals surface area contributed by atoms with Gasteiger partial charge in [-0.05, 0) is 39.7 Å². The van der Waals surface area contributed by atoms with Gasteiger partial charge < -0.3 is 4.52 Å². The van der Waals surface area contributed by atoms with E-state index in [0.717, 1.165) is 13.0 Å². The molecule has 1 aliphatic heterocycles. The molecule has 6 nitrogen and oxygen atoms in total. The molecule has 1 fully saturated rings. The summed E-state index contributed by atoms with van der Waals surface area (Å²) < 4.78 is 32.8. The molecule has 7 heteroatoms. The summed E-state index contributed by atoms with van der Waals surface area (Å²) in [5.74, 6) is 0.356. The molecule has 0 spiro atoms. The maximum absolute atomic E-state index is 13.1. The topological polar surface area (TPSA) is 66.7 Å². The van der Waals surface area contributed by atoms with Crippen LogP contribution in [0.2, 0.25) is 0 Å². The normalized spacial score (nSPS) is 22.6. The molecule has 0 amide bonds. The Balaban J connectivity index is 1.72.